The molecule has 0 saturated heterocycles. The highest BCUT2D eigenvalue weighted by Gasteiger charge is 2.09. The number of nitrogen functional groups attached to an aromatic ring is 1. The number of benzene rings is 2. The van der Waals surface area contributed by atoms with Gasteiger partial charge in [0.2, 0.25) is 5.88 Å². The van der Waals surface area contributed by atoms with Crippen LogP contribution in [0.3, 0.4) is 0 Å². The van der Waals surface area contributed by atoms with Crippen molar-refractivity contribution in [2.24, 2.45) is 0 Å². The fourth-order valence-corrected chi connectivity index (χ4v) is 2.24. The Hall–Kier alpha value is -2.04. The molecular formula is C14H9Cl2N3O. The van der Waals surface area contributed by atoms with Crippen LogP contribution >= 0.6 is 23.2 Å². The standard InChI is InChI=1S/C14H9Cl2N3O/c15-8-1-4-13(11(16)5-8)20-14-10-3-2-9(17)6-12(10)18-7-19-14/h1-7H,17H2. The number of aromatic nitrogens is 2. The molecule has 0 fully saturated rings. The molecule has 6 heteroatoms. The lowest BCUT2D eigenvalue weighted by Crippen LogP contribution is -1.93. The SMILES string of the molecule is Nc1ccc2c(Oc3ccc(Cl)cc3Cl)ncnc2c1. The Morgan fingerprint density at radius 3 is 2.65 bits per heavy atom. The van der Waals surface area contributed by atoms with E-state index in [2.05, 4.69) is 9.97 Å². The molecule has 2 aromatic carbocycles. The molecule has 3 rings (SSSR count). The Morgan fingerprint density at radius 2 is 1.85 bits per heavy atom. The van der Waals surface area contributed by atoms with Crippen LogP contribution in [0.4, 0.5) is 5.69 Å². The lowest BCUT2D eigenvalue weighted by atomic mass is 10.2. The Balaban J connectivity index is 2.06. The first-order valence-corrected chi connectivity index (χ1v) is 6.52. The Morgan fingerprint density at radius 1 is 1.00 bits per heavy atom. The Kier molecular flexibility index (Phi) is 3.34. The van der Waals surface area contributed by atoms with Gasteiger partial charge in [0.25, 0.3) is 0 Å². The van der Waals surface area contributed by atoms with Gasteiger partial charge in [0.15, 0.2) is 0 Å². The fraction of sp³-hybridized carbons (Fsp3) is 0. The summed E-state index contributed by atoms with van der Waals surface area (Å²) in [6.45, 7) is 0. The summed E-state index contributed by atoms with van der Waals surface area (Å²) in [4.78, 5) is 8.29. The molecule has 0 atom stereocenters. The van der Waals surface area contributed by atoms with Gasteiger partial charge in [-0.3, -0.25) is 0 Å². The van der Waals surface area contributed by atoms with Crippen molar-refractivity contribution in [2.75, 3.05) is 5.73 Å². The van der Waals surface area contributed by atoms with Gasteiger partial charge in [0.1, 0.15) is 12.1 Å². The van der Waals surface area contributed by atoms with Crippen LogP contribution in [0.25, 0.3) is 10.9 Å². The molecule has 2 N–H and O–H groups in total. The summed E-state index contributed by atoms with van der Waals surface area (Å²) in [6, 6.07) is 10.3. The normalized spacial score (nSPS) is 10.7. The first-order chi connectivity index (χ1) is 9.63. The molecule has 20 heavy (non-hydrogen) atoms. The third-order valence-electron chi connectivity index (χ3n) is 2.72. The van der Waals surface area contributed by atoms with Crippen molar-refractivity contribution in [2.45, 2.75) is 0 Å². The van der Waals surface area contributed by atoms with Crippen molar-refractivity contribution in [1.29, 1.82) is 0 Å². The molecule has 0 radical (unpaired) electrons. The maximum Gasteiger partial charge on any atom is 0.230 e. The molecule has 0 aliphatic carbocycles. The second-order valence-corrected chi connectivity index (χ2v) is 4.98. The summed E-state index contributed by atoms with van der Waals surface area (Å²) in [5.41, 5.74) is 7.07. The monoisotopic (exact) mass is 305 g/mol. The van der Waals surface area contributed by atoms with E-state index in [-0.39, 0.29) is 0 Å². The van der Waals surface area contributed by atoms with E-state index in [1.165, 1.54) is 6.33 Å². The van der Waals surface area contributed by atoms with Crippen molar-refractivity contribution in [3.63, 3.8) is 0 Å². The van der Waals surface area contributed by atoms with E-state index in [1.807, 2.05) is 6.07 Å². The number of fused-ring (bicyclic) bond motifs is 1. The molecule has 1 heterocycles. The predicted octanol–water partition coefficient (Wildman–Crippen LogP) is 4.31. The lowest BCUT2D eigenvalue weighted by Gasteiger charge is -2.09. The van der Waals surface area contributed by atoms with Gasteiger partial charge in [-0.05, 0) is 36.4 Å². The number of anilines is 1. The molecule has 1 aromatic heterocycles. The maximum atomic E-state index is 6.08. The summed E-state index contributed by atoms with van der Waals surface area (Å²) in [5.74, 6) is 0.895. The highest BCUT2D eigenvalue weighted by molar-refractivity contribution is 6.35. The van der Waals surface area contributed by atoms with Gasteiger partial charge in [-0.1, -0.05) is 23.2 Å². The molecule has 100 valence electrons. The maximum absolute atomic E-state index is 6.08. The Bertz CT molecular complexity index is 792. The highest BCUT2D eigenvalue weighted by atomic mass is 35.5. The van der Waals surface area contributed by atoms with Crippen LogP contribution in [0.15, 0.2) is 42.7 Å². The van der Waals surface area contributed by atoms with Gasteiger partial charge in [-0.2, -0.15) is 0 Å². The number of nitrogens with two attached hydrogens (primary N) is 1. The van der Waals surface area contributed by atoms with Crippen molar-refractivity contribution >= 4 is 39.8 Å². The summed E-state index contributed by atoms with van der Waals surface area (Å²) in [7, 11) is 0. The average Bonchev–Trinajstić information content (AvgIpc) is 2.41. The van der Waals surface area contributed by atoms with Crippen LogP contribution in [-0.2, 0) is 0 Å². The number of hydrogen-bond acceptors (Lipinski definition) is 4. The molecule has 0 bridgehead atoms. The van der Waals surface area contributed by atoms with Gasteiger partial charge in [0, 0.05) is 10.7 Å². The van der Waals surface area contributed by atoms with Gasteiger partial charge >= 0.3 is 0 Å². The van der Waals surface area contributed by atoms with Crippen LogP contribution in [-0.4, -0.2) is 9.97 Å². The highest BCUT2D eigenvalue weighted by Crippen LogP contribution is 2.33. The average molecular weight is 306 g/mol. The van der Waals surface area contributed by atoms with Crippen LogP contribution in [0.1, 0.15) is 0 Å². The molecule has 0 amide bonds. The van der Waals surface area contributed by atoms with Crippen LogP contribution in [0, 0.1) is 0 Å². The zero-order chi connectivity index (χ0) is 14.1. The third-order valence-corrected chi connectivity index (χ3v) is 3.26. The quantitative estimate of drug-likeness (QED) is 0.717. The van der Waals surface area contributed by atoms with E-state index in [4.69, 9.17) is 33.7 Å². The second kappa shape index (κ2) is 5.15. The van der Waals surface area contributed by atoms with Crippen LogP contribution < -0.4 is 10.5 Å². The van der Waals surface area contributed by atoms with Gasteiger partial charge < -0.3 is 10.5 Å². The minimum absolute atomic E-state index is 0.416. The zero-order valence-electron chi connectivity index (χ0n) is 10.2. The minimum Gasteiger partial charge on any atom is -0.437 e. The van der Waals surface area contributed by atoms with E-state index >= 15 is 0 Å². The second-order valence-electron chi connectivity index (χ2n) is 4.13. The molecule has 4 nitrogen and oxygen atoms in total. The zero-order valence-corrected chi connectivity index (χ0v) is 11.7. The summed E-state index contributed by atoms with van der Waals surface area (Å²) < 4.78 is 5.73. The number of rotatable bonds is 2. The molecule has 3 aromatic rings. The van der Waals surface area contributed by atoms with E-state index in [9.17, 15) is 0 Å². The fourth-order valence-electron chi connectivity index (χ4n) is 1.79. The number of halogens is 2. The van der Waals surface area contributed by atoms with E-state index in [1.54, 1.807) is 30.3 Å². The molecule has 0 aliphatic heterocycles. The molecular weight excluding hydrogens is 297 g/mol. The van der Waals surface area contributed by atoms with Crippen molar-refractivity contribution in [3.8, 4) is 11.6 Å². The number of hydrogen-bond donors (Lipinski definition) is 1. The van der Waals surface area contributed by atoms with Crippen molar-refractivity contribution in [3.05, 3.63) is 52.8 Å². The summed E-state index contributed by atoms with van der Waals surface area (Å²) in [5, 5.41) is 1.72. The van der Waals surface area contributed by atoms with Crippen LogP contribution in [0.5, 0.6) is 11.6 Å². The topological polar surface area (TPSA) is 61.0 Å². The molecule has 0 aliphatic rings. The van der Waals surface area contributed by atoms with Crippen molar-refractivity contribution in [1.82, 2.24) is 9.97 Å². The largest absolute Gasteiger partial charge is 0.437 e. The van der Waals surface area contributed by atoms with Crippen molar-refractivity contribution < 1.29 is 4.74 Å². The number of nitrogens with zero attached hydrogens (tertiary/aromatic N) is 2. The molecule has 0 unspecified atom stereocenters. The predicted molar refractivity (Wildman–Crippen MR) is 80.5 cm³/mol. The molecule has 0 saturated carbocycles. The first-order valence-electron chi connectivity index (χ1n) is 5.76. The summed E-state index contributed by atoms with van der Waals surface area (Å²) in [6.07, 6.45) is 1.42. The van der Waals surface area contributed by atoms with Gasteiger partial charge in [-0.15, -0.1) is 0 Å². The minimum atomic E-state index is 0.416. The van der Waals surface area contributed by atoms with Gasteiger partial charge in [-0.25, -0.2) is 9.97 Å². The van der Waals surface area contributed by atoms with Crippen LogP contribution in [0.2, 0.25) is 10.0 Å². The van der Waals surface area contributed by atoms with E-state index in [0.29, 0.717) is 32.9 Å². The third kappa shape index (κ3) is 2.48. The number of ether oxygens (including phenoxy) is 1. The summed E-state index contributed by atoms with van der Waals surface area (Å²) >= 11 is 11.9. The van der Waals surface area contributed by atoms with E-state index < -0.39 is 0 Å². The molecule has 0 spiro atoms. The lowest BCUT2D eigenvalue weighted by molar-refractivity contribution is 0.468. The first kappa shape index (κ1) is 13.0. The smallest absolute Gasteiger partial charge is 0.230 e. The van der Waals surface area contributed by atoms with Gasteiger partial charge in [0.05, 0.1) is 15.9 Å². The Labute approximate surface area is 125 Å². The van der Waals surface area contributed by atoms with E-state index in [0.717, 1.165) is 5.39 Å².